The predicted molar refractivity (Wildman–Crippen MR) is 186 cm³/mol. The Balaban J connectivity index is 1.36. The van der Waals surface area contributed by atoms with Crippen LogP contribution < -0.4 is 21.3 Å². The maximum atomic E-state index is 14.4. The van der Waals surface area contributed by atoms with E-state index in [-0.39, 0.29) is 35.0 Å². The zero-order chi connectivity index (χ0) is 35.8. The van der Waals surface area contributed by atoms with E-state index in [1.54, 1.807) is 25.7 Å². The number of urea groups is 1. The second kappa shape index (κ2) is 14.5. The Labute approximate surface area is 292 Å². The number of hydrogen-bond donors (Lipinski definition) is 4. The molecule has 2 saturated heterocycles. The van der Waals surface area contributed by atoms with Crippen LogP contribution in [0, 0.1) is 17.3 Å². The lowest BCUT2D eigenvalue weighted by Gasteiger charge is -2.40. The van der Waals surface area contributed by atoms with Gasteiger partial charge in [-0.3, -0.25) is 19.2 Å². The van der Waals surface area contributed by atoms with Gasteiger partial charge in [0.15, 0.2) is 9.84 Å². The molecule has 0 aromatic carbocycles. The van der Waals surface area contributed by atoms with E-state index in [0.717, 1.165) is 57.8 Å². The molecule has 12 nitrogen and oxygen atoms in total. The first-order valence-corrected chi connectivity index (χ1v) is 20.4. The first-order valence-electron chi connectivity index (χ1n) is 18.7. The van der Waals surface area contributed by atoms with Gasteiger partial charge < -0.3 is 26.2 Å². The van der Waals surface area contributed by atoms with E-state index in [2.05, 4.69) is 35.1 Å². The third-order valence-electron chi connectivity index (χ3n) is 12.0. The zero-order valence-corrected chi connectivity index (χ0v) is 31.0. The summed E-state index contributed by atoms with van der Waals surface area (Å²) < 4.78 is 25.7. The highest BCUT2D eigenvalue weighted by molar-refractivity contribution is 7.92. The van der Waals surface area contributed by atoms with Crippen molar-refractivity contribution in [1.29, 1.82) is 0 Å². The molecule has 3 saturated carbocycles. The minimum Gasteiger partial charge on any atom is -0.347 e. The molecule has 4 N–H and O–H groups in total. The van der Waals surface area contributed by atoms with Crippen molar-refractivity contribution in [2.75, 3.05) is 12.3 Å². The van der Waals surface area contributed by atoms with Crippen molar-refractivity contribution in [3.8, 4) is 0 Å². The average Bonchev–Trinajstić information content (AvgIpc) is 3.86. The molecular formula is C36H59N5O7S. The van der Waals surface area contributed by atoms with Crippen molar-refractivity contribution < 1.29 is 32.4 Å². The summed E-state index contributed by atoms with van der Waals surface area (Å²) in [5, 5.41) is 11.6. The summed E-state index contributed by atoms with van der Waals surface area (Å²) in [7, 11) is -3.54. The number of ketones is 1. The lowest BCUT2D eigenvalue weighted by Crippen LogP contribution is -2.62. The molecular weight excluding hydrogens is 646 g/mol. The lowest BCUT2D eigenvalue weighted by atomic mass is 9.83. The van der Waals surface area contributed by atoms with E-state index >= 15 is 0 Å². The van der Waals surface area contributed by atoms with Gasteiger partial charge in [0.2, 0.25) is 17.6 Å². The molecule has 49 heavy (non-hydrogen) atoms. The SMILES string of the molecule is CC1(C)[C@@H]2[C@H]3C(=O)N[C@H](C(=O)C(=O)NC4CC4)CCCCCCCC[C@H](NC(=O)NC4(CS(=O)(=O)C(C)(C)C)CCCCC4)C(=O)N3C[C@@H]21. The molecule has 0 spiro atoms. The summed E-state index contributed by atoms with van der Waals surface area (Å²) in [6, 6.07) is -3.25. The number of carbonyl (C=O) groups excluding carboxylic acids is 5. The highest BCUT2D eigenvalue weighted by Gasteiger charge is 2.69. The summed E-state index contributed by atoms with van der Waals surface area (Å²) in [6.07, 6.45) is 11.0. The predicted octanol–water partition coefficient (Wildman–Crippen LogP) is 3.52. The summed E-state index contributed by atoms with van der Waals surface area (Å²) in [6.45, 7) is 9.54. The zero-order valence-electron chi connectivity index (χ0n) is 30.2. The fraction of sp³-hybridized carbons (Fsp3) is 0.861. The maximum Gasteiger partial charge on any atom is 0.315 e. The molecule has 3 aliphatic carbocycles. The van der Waals surface area contributed by atoms with Gasteiger partial charge in [0.25, 0.3) is 5.91 Å². The number of rotatable bonds is 7. The Bertz CT molecular complexity index is 1400. The van der Waals surface area contributed by atoms with Crippen LogP contribution in [0.25, 0.3) is 0 Å². The third kappa shape index (κ3) is 8.61. The standard InChI is InChI=1S/C36H59N5O7S/c1-34(2,3)49(47,48)22-36(19-13-10-14-20-36)40-33(46)39-26-16-12-9-7-6-8-11-15-25(29(42)31(44)37-23-17-18-23)38-30(43)28-27-24(35(27,4)5)21-41(28)32(26)45/h23-28H,6-22H2,1-5H3,(H,37,44)(H,38,43)(H2,39,40,46)/t24-,25-,26-,27-,28-/m0/s1. The number of carbonyl (C=O) groups is 5. The monoisotopic (exact) mass is 705 g/mol. The van der Waals surface area contributed by atoms with E-state index in [1.807, 2.05) is 0 Å². The van der Waals surface area contributed by atoms with Crippen molar-refractivity contribution in [3.63, 3.8) is 0 Å². The number of fused-ring (bicyclic) bond motifs is 3. The van der Waals surface area contributed by atoms with Gasteiger partial charge >= 0.3 is 6.03 Å². The second-order valence-electron chi connectivity index (χ2n) is 17.1. The largest absolute Gasteiger partial charge is 0.347 e. The van der Waals surface area contributed by atoms with Crippen LogP contribution in [-0.4, -0.2) is 89.6 Å². The fourth-order valence-electron chi connectivity index (χ4n) is 8.39. The van der Waals surface area contributed by atoms with Crippen LogP contribution in [-0.2, 0) is 29.0 Å². The van der Waals surface area contributed by atoms with Gasteiger partial charge in [-0.15, -0.1) is 0 Å². The quantitative estimate of drug-likeness (QED) is 0.294. The topological polar surface area (TPSA) is 171 Å². The van der Waals surface area contributed by atoms with Crippen LogP contribution in [0.4, 0.5) is 4.79 Å². The Hall–Kier alpha value is -2.70. The summed E-state index contributed by atoms with van der Waals surface area (Å²) >= 11 is 0. The number of nitrogens with one attached hydrogen (secondary N) is 4. The minimum atomic E-state index is -3.54. The molecule has 0 radical (unpaired) electrons. The fourth-order valence-corrected chi connectivity index (χ4v) is 9.91. The molecule has 0 unspecified atom stereocenters. The van der Waals surface area contributed by atoms with E-state index in [0.29, 0.717) is 45.1 Å². The molecule has 5 aliphatic rings. The average molecular weight is 706 g/mol. The number of Topliss-reactive ketones (excluding diaryl/α,β-unsaturated/α-hetero) is 1. The number of sulfone groups is 1. The van der Waals surface area contributed by atoms with E-state index in [1.165, 1.54) is 0 Å². The summed E-state index contributed by atoms with van der Waals surface area (Å²) in [5.41, 5.74) is -1.09. The first-order chi connectivity index (χ1) is 23.0. The van der Waals surface area contributed by atoms with Crippen molar-refractivity contribution in [1.82, 2.24) is 26.2 Å². The Kier molecular flexibility index (Phi) is 11.1. The molecule has 5 amide bonds. The smallest absolute Gasteiger partial charge is 0.315 e. The number of hydrogen-bond acceptors (Lipinski definition) is 7. The Morgan fingerprint density at radius 1 is 0.857 bits per heavy atom. The van der Waals surface area contributed by atoms with Gasteiger partial charge in [0.1, 0.15) is 12.1 Å². The van der Waals surface area contributed by atoms with E-state index in [9.17, 15) is 32.4 Å². The van der Waals surface area contributed by atoms with Gasteiger partial charge in [0.05, 0.1) is 22.1 Å². The minimum absolute atomic E-state index is 0.0166. The molecule has 0 aromatic heterocycles. The molecule has 13 heteroatoms. The first kappa shape index (κ1) is 37.6. The van der Waals surface area contributed by atoms with Crippen molar-refractivity contribution in [2.24, 2.45) is 17.3 Å². The van der Waals surface area contributed by atoms with Crippen LogP contribution in [0.15, 0.2) is 0 Å². The summed E-state index contributed by atoms with van der Waals surface area (Å²) in [4.78, 5) is 69.8. The molecule has 0 aromatic rings. The van der Waals surface area contributed by atoms with Gasteiger partial charge in [-0.05, 0) is 76.5 Å². The van der Waals surface area contributed by atoms with Crippen LogP contribution in [0.5, 0.6) is 0 Å². The molecule has 5 fully saturated rings. The van der Waals surface area contributed by atoms with Crippen molar-refractivity contribution in [2.45, 2.75) is 165 Å². The van der Waals surface area contributed by atoms with E-state index in [4.69, 9.17) is 0 Å². The molecule has 2 aliphatic heterocycles. The van der Waals surface area contributed by atoms with Crippen molar-refractivity contribution >= 4 is 39.4 Å². The highest BCUT2D eigenvalue weighted by atomic mass is 32.2. The van der Waals surface area contributed by atoms with Crippen LogP contribution in [0.1, 0.15) is 131 Å². The van der Waals surface area contributed by atoms with Gasteiger partial charge in [-0.25, -0.2) is 13.2 Å². The molecule has 5 atom stereocenters. The Morgan fingerprint density at radius 2 is 1.45 bits per heavy atom. The Morgan fingerprint density at radius 3 is 2.06 bits per heavy atom. The molecule has 5 rings (SSSR count). The van der Waals surface area contributed by atoms with Crippen LogP contribution >= 0.6 is 0 Å². The van der Waals surface area contributed by atoms with Crippen molar-refractivity contribution in [3.05, 3.63) is 0 Å². The van der Waals surface area contributed by atoms with Crippen LogP contribution in [0.2, 0.25) is 0 Å². The molecule has 0 bridgehead atoms. The number of amides is 5. The van der Waals surface area contributed by atoms with Crippen LogP contribution in [0.3, 0.4) is 0 Å². The van der Waals surface area contributed by atoms with Gasteiger partial charge in [0, 0.05) is 12.6 Å². The molecule has 2 heterocycles. The van der Waals surface area contributed by atoms with Gasteiger partial charge in [-0.1, -0.05) is 71.6 Å². The normalized spacial score (nSPS) is 30.8. The maximum absolute atomic E-state index is 14.4. The second-order valence-corrected chi connectivity index (χ2v) is 19.9. The lowest BCUT2D eigenvalue weighted by molar-refractivity contribution is -0.144. The highest BCUT2D eigenvalue weighted by Crippen LogP contribution is 2.65. The number of nitrogens with zero attached hydrogens (tertiary/aromatic N) is 1. The molecule has 276 valence electrons. The van der Waals surface area contributed by atoms with Gasteiger partial charge in [-0.2, -0.15) is 0 Å². The third-order valence-corrected chi connectivity index (χ3v) is 14.8. The van der Waals surface area contributed by atoms with E-state index < -0.39 is 61.9 Å². The summed E-state index contributed by atoms with van der Waals surface area (Å²) in [5.74, 6) is -2.27. The number of piperidine rings is 1.